The molecule has 0 aliphatic heterocycles. The van der Waals surface area contributed by atoms with E-state index in [0.717, 1.165) is 12.8 Å². The van der Waals surface area contributed by atoms with Crippen molar-refractivity contribution in [2.45, 2.75) is 24.7 Å². The van der Waals surface area contributed by atoms with Gasteiger partial charge in [-0.1, -0.05) is 0 Å². The van der Waals surface area contributed by atoms with Crippen LogP contribution in [0.3, 0.4) is 0 Å². The van der Waals surface area contributed by atoms with E-state index in [2.05, 4.69) is 20.2 Å². The number of nitrogens with zero attached hydrogens (tertiary/aromatic N) is 1. The van der Waals surface area contributed by atoms with Crippen molar-refractivity contribution >= 4 is 21.9 Å². The number of rotatable bonds is 7. The molecule has 1 amide bonds. The molecule has 9 nitrogen and oxygen atoms in total. The summed E-state index contributed by atoms with van der Waals surface area (Å²) in [6.45, 7) is 1.54. The van der Waals surface area contributed by atoms with Gasteiger partial charge < -0.3 is 10.4 Å². The first-order chi connectivity index (χ1) is 9.83. The molecule has 1 aromatic rings. The summed E-state index contributed by atoms with van der Waals surface area (Å²) in [5, 5.41) is 17.3. The average Bonchev–Trinajstić information content (AvgIpc) is 3.16. The van der Waals surface area contributed by atoms with Crippen LogP contribution in [0.4, 0.5) is 0 Å². The molecular formula is C11H16N4O5S. The maximum absolute atomic E-state index is 12.1. The van der Waals surface area contributed by atoms with Gasteiger partial charge in [-0.15, -0.1) is 0 Å². The summed E-state index contributed by atoms with van der Waals surface area (Å²) >= 11 is 0. The third kappa shape index (κ3) is 3.58. The van der Waals surface area contributed by atoms with Crippen molar-refractivity contribution in [1.29, 1.82) is 0 Å². The van der Waals surface area contributed by atoms with Crippen LogP contribution in [0.25, 0.3) is 0 Å². The van der Waals surface area contributed by atoms with E-state index in [1.54, 1.807) is 0 Å². The van der Waals surface area contributed by atoms with Gasteiger partial charge in [-0.05, 0) is 19.8 Å². The number of carbonyl (C=O) groups is 2. The van der Waals surface area contributed by atoms with Crippen molar-refractivity contribution in [2.75, 3.05) is 13.1 Å². The number of hydrogen-bond acceptors (Lipinski definition) is 5. The fraction of sp³-hybridized carbons (Fsp3) is 0.545. The first-order valence-electron chi connectivity index (χ1n) is 6.38. The number of sulfonamides is 1. The zero-order chi connectivity index (χ0) is 15.6. The molecule has 0 radical (unpaired) electrons. The van der Waals surface area contributed by atoms with Crippen molar-refractivity contribution in [3.8, 4) is 0 Å². The Bertz CT molecular complexity index is 662. The van der Waals surface area contributed by atoms with Gasteiger partial charge in [0.2, 0.25) is 15.9 Å². The summed E-state index contributed by atoms with van der Waals surface area (Å²) in [6, 6.07) is 0. The number of aromatic nitrogens is 2. The second-order valence-corrected chi connectivity index (χ2v) is 6.50. The van der Waals surface area contributed by atoms with Crippen LogP contribution in [-0.4, -0.2) is 48.7 Å². The number of carboxylic acids is 1. The molecule has 0 atom stereocenters. The van der Waals surface area contributed by atoms with E-state index in [-0.39, 0.29) is 35.5 Å². The van der Waals surface area contributed by atoms with Gasteiger partial charge in [0.25, 0.3) is 0 Å². The van der Waals surface area contributed by atoms with Gasteiger partial charge in [-0.2, -0.15) is 5.10 Å². The van der Waals surface area contributed by atoms with Gasteiger partial charge in [0.05, 0.1) is 5.69 Å². The Morgan fingerprint density at radius 3 is 2.62 bits per heavy atom. The molecule has 0 aromatic carbocycles. The Kier molecular flexibility index (Phi) is 4.28. The van der Waals surface area contributed by atoms with E-state index in [1.807, 2.05) is 0 Å². The van der Waals surface area contributed by atoms with Crippen LogP contribution in [-0.2, 0) is 14.8 Å². The van der Waals surface area contributed by atoms with E-state index < -0.39 is 21.7 Å². The van der Waals surface area contributed by atoms with Crippen molar-refractivity contribution in [3.63, 3.8) is 0 Å². The third-order valence-electron chi connectivity index (χ3n) is 3.03. The second kappa shape index (κ2) is 5.82. The number of aromatic amines is 1. The lowest BCUT2D eigenvalue weighted by atomic mass is 10.4. The van der Waals surface area contributed by atoms with Gasteiger partial charge in [0, 0.05) is 19.0 Å². The Balaban J connectivity index is 1.96. The molecule has 0 spiro atoms. The smallest absolute Gasteiger partial charge is 0.357 e. The molecule has 1 heterocycles. The minimum atomic E-state index is -4.00. The van der Waals surface area contributed by atoms with Gasteiger partial charge in [-0.25, -0.2) is 17.9 Å². The lowest BCUT2D eigenvalue weighted by Gasteiger charge is -2.07. The zero-order valence-electron chi connectivity index (χ0n) is 11.3. The summed E-state index contributed by atoms with van der Waals surface area (Å²) in [7, 11) is -4.00. The maximum Gasteiger partial charge on any atom is 0.357 e. The van der Waals surface area contributed by atoms with E-state index >= 15 is 0 Å². The Morgan fingerprint density at radius 2 is 2.05 bits per heavy atom. The van der Waals surface area contributed by atoms with Crippen molar-refractivity contribution in [1.82, 2.24) is 20.2 Å². The number of carboxylic acid groups (broad SMARTS) is 1. The number of aromatic carboxylic acids is 1. The molecule has 1 aliphatic carbocycles. The van der Waals surface area contributed by atoms with E-state index in [1.165, 1.54) is 6.92 Å². The molecule has 4 N–H and O–H groups in total. The van der Waals surface area contributed by atoms with Gasteiger partial charge in [-0.3, -0.25) is 9.89 Å². The number of amides is 1. The second-order valence-electron chi connectivity index (χ2n) is 4.79. The molecule has 1 saturated carbocycles. The molecule has 21 heavy (non-hydrogen) atoms. The molecule has 1 fully saturated rings. The topological polar surface area (TPSA) is 141 Å². The lowest BCUT2D eigenvalue weighted by Crippen LogP contribution is -2.35. The molecule has 0 unspecified atom stereocenters. The highest BCUT2D eigenvalue weighted by atomic mass is 32.2. The van der Waals surface area contributed by atoms with E-state index in [9.17, 15) is 18.0 Å². The first-order valence-corrected chi connectivity index (χ1v) is 7.87. The highest BCUT2D eigenvalue weighted by Crippen LogP contribution is 2.28. The summed E-state index contributed by atoms with van der Waals surface area (Å²) < 4.78 is 26.4. The molecule has 1 aromatic heterocycles. The van der Waals surface area contributed by atoms with E-state index in [0.29, 0.717) is 0 Å². The molecule has 116 valence electrons. The first kappa shape index (κ1) is 15.4. The predicted octanol–water partition coefficient (Wildman–Crippen LogP) is -0.779. The van der Waals surface area contributed by atoms with Crippen molar-refractivity contribution in [3.05, 3.63) is 11.4 Å². The Labute approximate surface area is 121 Å². The summed E-state index contributed by atoms with van der Waals surface area (Å²) in [5.41, 5.74) is -0.413. The molecule has 10 heteroatoms. The molecule has 2 rings (SSSR count). The minimum Gasteiger partial charge on any atom is -0.476 e. The minimum absolute atomic E-state index is 0.0233. The fourth-order valence-corrected chi connectivity index (χ4v) is 3.18. The van der Waals surface area contributed by atoms with Crippen LogP contribution in [0.15, 0.2) is 4.90 Å². The SMILES string of the molecule is Cc1[nH]nc(C(=O)O)c1S(=O)(=O)NCCNC(=O)C1CC1. The quantitative estimate of drug-likeness (QED) is 0.486. The summed E-state index contributed by atoms with van der Waals surface area (Å²) in [6.07, 6.45) is 1.74. The van der Waals surface area contributed by atoms with Crippen LogP contribution >= 0.6 is 0 Å². The maximum atomic E-state index is 12.1. The van der Waals surface area contributed by atoms with Crippen LogP contribution in [0.2, 0.25) is 0 Å². The monoisotopic (exact) mass is 316 g/mol. The largest absolute Gasteiger partial charge is 0.476 e. The summed E-state index contributed by atoms with van der Waals surface area (Å²) in [4.78, 5) is 21.9. The number of nitrogens with one attached hydrogen (secondary N) is 3. The van der Waals surface area contributed by atoms with Gasteiger partial charge in [0.15, 0.2) is 5.69 Å². The highest BCUT2D eigenvalue weighted by molar-refractivity contribution is 7.89. The van der Waals surface area contributed by atoms with Crippen LogP contribution in [0.1, 0.15) is 29.0 Å². The van der Waals surface area contributed by atoms with Gasteiger partial charge in [0.1, 0.15) is 4.90 Å². The molecule has 0 saturated heterocycles. The summed E-state index contributed by atoms with van der Waals surface area (Å²) in [5.74, 6) is -1.46. The van der Waals surface area contributed by atoms with E-state index in [4.69, 9.17) is 5.11 Å². The fourth-order valence-electron chi connectivity index (χ4n) is 1.83. The molecule has 1 aliphatic rings. The standard InChI is InChI=1S/C11H16N4O5S/c1-6-9(8(11(17)18)15-14-6)21(19,20)13-5-4-12-10(16)7-2-3-7/h7,13H,2-5H2,1H3,(H,12,16)(H,14,15)(H,17,18). The zero-order valence-corrected chi connectivity index (χ0v) is 12.2. The van der Waals surface area contributed by atoms with Crippen LogP contribution in [0.5, 0.6) is 0 Å². The Morgan fingerprint density at radius 1 is 1.38 bits per heavy atom. The lowest BCUT2D eigenvalue weighted by molar-refractivity contribution is -0.122. The average molecular weight is 316 g/mol. The Hall–Kier alpha value is -1.94. The molecule has 0 bridgehead atoms. The molecular weight excluding hydrogens is 300 g/mol. The normalized spacial score (nSPS) is 14.9. The van der Waals surface area contributed by atoms with Crippen LogP contribution < -0.4 is 10.0 Å². The van der Waals surface area contributed by atoms with Crippen molar-refractivity contribution in [2.24, 2.45) is 5.92 Å². The van der Waals surface area contributed by atoms with Gasteiger partial charge >= 0.3 is 5.97 Å². The third-order valence-corrected chi connectivity index (χ3v) is 4.65. The number of hydrogen-bond donors (Lipinski definition) is 4. The number of H-pyrrole nitrogens is 1. The van der Waals surface area contributed by atoms with Crippen LogP contribution in [0, 0.1) is 12.8 Å². The number of aryl methyl sites for hydroxylation is 1. The highest BCUT2D eigenvalue weighted by Gasteiger charge is 2.30. The van der Waals surface area contributed by atoms with Crippen molar-refractivity contribution < 1.29 is 23.1 Å². The number of carbonyl (C=O) groups excluding carboxylic acids is 1. The predicted molar refractivity (Wildman–Crippen MR) is 71.2 cm³/mol.